The smallest absolute Gasteiger partial charge is 0.148 e. The van der Waals surface area contributed by atoms with Crippen LogP contribution in [0.4, 0.5) is 4.39 Å². The lowest BCUT2D eigenvalue weighted by Crippen LogP contribution is -2.27. The van der Waals surface area contributed by atoms with E-state index in [9.17, 15) is 9.50 Å². The van der Waals surface area contributed by atoms with Crippen molar-refractivity contribution < 1.29 is 9.50 Å². The van der Waals surface area contributed by atoms with Crippen molar-refractivity contribution >= 4 is 10.9 Å². The van der Waals surface area contributed by atoms with E-state index in [-0.39, 0.29) is 5.82 Å². The number of aromatic nitrogens is 1. The molecule has 0 saturated heterocycles. The predicted octanol–water partition coefficient (Wildman–Crippen LogP) is 2.34. The summed E-state index contributed by atoms with van der Waals surface area (Å²) in [4.78, 5) is 2.83. The number of aromatic amines is 1. The summed E-state index contributed by atoms with van der Waals surface area (Å²) in [6, 6.07) is 5.60. The van der Waals surface area contributed by atoms with Gasteiger partial charge in [0.15, 0.2) is 0 Å². The van der Waals surface area contributed by atoms with Gasteiger partial charge < -0.3 is 15.4 Å². The summed E-state index contributed by atoms with van der Waals surface area (Å²) in [6.45, 7) is 4.50. The van der Waals surface area contributed by atoms with Crippen molar-refractivity contribution in [3.8, 4) is 0 Å². The van der Waals surface area contributed by atoms with Gasteiger partial charge in [-0.2, -0.15) is 0 Å². The molecule has 1 atom stereocenters. The van der Waals surface area contributed by atoms with Crippen molar-refractivity contribution in [2.24, 2.45) is 0 Å². The van der Waals surface area contributed by atoms with E-state index in [1.807, 2.05) is 19.9 Å². The first-order valence-corrected chi connectivity index (χ1v) is 5.76. The Bertz CT molecular complexity index is 507. The molecule has 0 amide bonds. The molecule has 0 saturated carbocycles. The maximum atomic E-state index is 13.4. The minimum absolute atomic E-state index is 0.286. The van der Waals surface area contributed by atoms with Crippen molar-refractivity contribution in [2.75, 3.05) is 6.54 Å². The van der Waals surface area contributed by atoms with Crippen molar-refractivity contribution in [3.05, 3.63) is 35.8 Å². The largest absolute Gasteiger partial charge is 0.387 e. The average molecular weight is 236 g/mol. The Morgan fingerprint density at radius 2 is 2.18 bits per heavy atom. The fourth-order valence-electron chi connectivity index (χ4n) is 1.78. The summed E-state index contributed by atoms with van der Waals surface area (Å²) in [5.41, 5.74) is 1.47. The van der Waals surface area contributed by atoms with Gasteiger partial charge in [0, 0.05) is 29.7 Å². The molecule has 1 aromatic carbocycles. The van der Waals surface area contributed by atoms with E-state index < -0.39 is 6.10 Å². The van der Waals surface area contributed by atoms with Gasteiger partial charge in [-0.25, -0.2) is 4.39 Å². The number of halogens is 1. The second-order valence-electron chi connectivity index (χ2n) is 4.52. The highest BCUT2D eigenvalue weighted by atomic mass is 19.1. The molecule has 2 aromatic rings. The van der Waals surface area contributed by atoms with E-state index in [1.165, 1.54) is 6.20 Å². The Morgan fingerprint density at radius 3 is 2.88 bits per heavy atom. The molecule has 0 radical (unpaired) electrons. The number of hydrogen-bond donors (Lipinski definition) is 3. The Hall–Kier alpha value is -1.39. The van der Waals surface area contributed by atoms with Crippen molar-refractivity contribution in [3.63, 3.8) is 0 Å². The highest BCUT2D eigenvalue weighted by Gasteiger charge is 2.10. The van der Waals surface area contributed by atoms with Crippen LogP contribution in [-0.2, 0) is 0 Å². The van der Waals surface area contributed by atoms with Crippen molar-refractivity contribution in [1.29, 1.82) is 0 Å². The molecular formula is C13H17FN2O. The van der Waals surface area contributed by atoms with Crippen LogP contribution in [0.3, 0.4) is 0 Å². The number of nitrogens with one attached hydrogen (secondary N) is 2. The van der Waals surface area contributed by atoms with Crippen LogP contribution in [-0.4, -0.2) is 22.7 Å². The van der Waals surface area contributed by atoms with Crippen LogP contribution < -0.4 is 5.32 Å². The third kappa shape index (κ3) is 2.65. The highest BCUT2D eigenvalue weighted by Crippen LogP contribution is 2.21. The van der Waals surface area contributed by atoms with Gasteiger partial charge in [0.05, 0.1) is 6.10 Å². The molecule has 0 unspecified atom stereocenters. The molecule has 17 heavy (non-hydrogen) atoms. The van der Waals surface area contributed by atoms with Gasteiger partial charge in [-0.3, -0.25) is 0 Å². The SMILES string of the molecule is CC(C)NC[C@H](O)c1ccc2[nH]cc(F)c2c1. The molecule has 0 bridgehead atoms. The van der Waals surface area contributed by atoms with Gasteiger partial charge >= 0.3 is 0 Å². The molecule has 0 aliphatic carbocycles. The molecule has 1 heterocycles. The van der Waals surface area contributed by atoms with E-state index in [1.54, 1.807) is 12.1 Å². The van der Waals surface area contributed by atoms with Gasteiger partial charge in [0.25, 0.3) is 0 Å². The van der Waals surface area contributed by atoms with E-state index in [0.29, 0.717) is 18.0 Å². The highest BCUT2D eigenvalue weighted by molar-refractivity contribution is 5.80. The first kappa shape index (κ1) is 12.1. The topological polar surface area (TPSA) is 48.0 Å². The zero-order valence-corrected chi connectivity index (χ0v) is 10.00. The number of benzene rings is 1. The Kier molecular flexibility index (Phi) is 3.45. The van der Waals surface area contributed by atoms with Gasteiger partial charge in [-0.15, -0.1) is 0 Å². The fraction of sp³-hybridized carbons (Fsp3) is 0.385. The molecule has 0 aliphatic rings. The van der Waals surface area contributed by atoms with Crippen LogP contribution in [0.2, 0.25) is 0 Å². The monoisotopic (exact) mass is 236 g/mol. The normalized spacial score (nSPS) is 13.5. The Labute approximate surface area is 99.7 Å². The first-order chi connectivity index (χ1) is 8.08. The molecule has 2 rings (SSSR count). The van der Waals surface area contributed by atoms with E-state index >= 15 is 0 Å². The van der Waals surface area contributed by atoms with Gasteiger partial charge in [0.1, 0.15) is 5.82 Å². The minimum atomic E-state index is -0.615. The zero-order valence-electron chi connectivity index (χ0n) is 10.00. The third-order valence-corrected chi connectivity index (χ3v) is 2.76. The molecular weight excluding hydrogens is 219 g/mol. The standard InChI is InChI=1S/C13H17FN2O/c1-8(2)15-7-13(17)9-3-4-12-10(5-9)11(14)6-16-12/h3-6,8,13,15-17H,7H2,1-2H3/t13-/m0/s1. The average Bonchev–Trinajstić information content (AvgIpc) is 2.67. The summed E-state index contributed by atoms with van der Waals surface area (Å²) < 4.78 is 13.4. The van der Waals surface area contributed by atoms with Crippen LogP contribution in [0.15, 0.2) is 24.4 Å². The second kappa shape index (κ2) is 4.85. The summed E-state index contributed by atoms with van der Waals surface area (Å²) in [6.07, 6.45) is 0.712. The van der Waals surface area contributed by atoms with E-state index in [2.05, 4.69) is 10.3 Å². The lowest BCUT2D eigenvalue weighted by atomic mass is 10.1. The van der Waals surface area contributed by atoms with E-state index in [0.717, 1.165) is 11.1 Å². The number of fused-ring (bicyclic) bond motifs is 1. The van der Waals surface area contributed by atoms with E-state index in [4.69, 9.17) is 0 Å². The third-order valence-electron chi connectivity index (χ3n) is 2.76. The molecule has 92 valence electrons. The quantitative estimate of drug-likeness (QED) is 0.763. The van der Waals surface area contributed by atoms with Crippen LogP contribution in [0.5, 0.6) is 0 Å². The van der Waals surface area contributed by atoms with Gasteiger partial charge in [-0.1, -0.05) is 19.9 Å². The number of H-pyrrole nitrogens is 1. The van der Waals surface area contributed by atoms with Crippen LogP contribution in [0.1, 0.15) is 25.5 Å². The number of aliphatic hydroxyl groups excluding tert-OH is 1. The van der Waals surface area contributed by atoms with Gasteiger partial charge in [0.2, 0.25) is 0 Å². The number of rotatable bonds is 4. The molecule has 1 aromatic heterocycles. The molecule has 0 fully saturated rings. The van der Waals surface area contributed by atoms with Gasteiger partial charge in [-0.05, 0) is 17.7 Å². The molecule has 3 nitrogen and oxygen atoms in total. The van der Waals surface area contributed by atoms with Crippen LogP contribution >= 0.6 is 0 Å². The van der Waals surface area contributed by atoms with Crippen molar-refractivity contribution in [1.82, 2.24) is 10.3 Å². The van der Waals surface area contributed by atoms with Crippen LogP contribution in [0, 0.1) is 5.82 Å². The molecule has 0 spiro atoms. The fourth-order valence-corrected chi connectivity index (χ4v) is 1.78. The Morgan fingerprint density at radius 1 is 1.41 bits per heavy atom. The Balaban J connectivity index is 2.20. The van der Waals surface area contributed by atoms with Crippen molar-refractivity contribution in [2.45, 2.75) is 26.0 Å². The summed E-state index contributed by atoms with van der Waals surface area (Å²) >= 11 is 0. The van der Waals surface area contributed by atoms with Crippen LogP contribution in [0.25, 0.3) is 10.9 Å². The number of aliphatic hydroxyl groups is 1. The zero-order chi connectivity index (χ0) is 12.4. The molecule has 0 aliphatic heterocycles. The summed E-state index contributed by atoms with van der Waals surface area (Å²) in [7, 11) is 0. The lowest BCUT2D eigenvalue weighted by molar-refractivity contribution is 0.172. The maximum absolute atomic E-state index is 13.4. The molecule has 4 heteroatoms. The number of hydrogen-bond acceptors (Lipinski definition) is 2. The second-order valence-corrected chi connectivity index (χ2v) is 4.52. The first-order valence-electron chi connectivity index (χ1n) is 5.76. The summed E-state index contributed by atoms with van der Waals surface area (Å²) in [5.74, 6) is -0.286. The molecule has 3 N–H and O–H groups in total. The predicted molar refractivity (Wildman–Crippen MR) is 66.4 cm³/mol. The minimum Gasteiger partial charge on any atom is -0.387 e. The maximum Gasteiger partial charge on any atom is 0.148 e. The summed E-state index contributed by atoms with van der Waals surface area (Å²) in [5, 5.41) is 13.6. The lowest BCUT2D eigenvalue weighted by Gasteiger charge is -2.14.